The van der Waals surface area contributed by atoms with Crippen LogP contribution in [-0.4, -0.2) is 58.0 Å². The van der Waals surface area contributed by atoms with Crippen molar-refractivity contribution in [1.82, 2.24) is 39.0 Å². The molecule has 0 N–H and O–H groups in total. The van der Waals surface area contributed by atoms with Crippen LogP contribution in [0.4, 0.5) is 0 Å². The fraction of sp³-hybridized carbons (Fsp3) is 0.348. The number of carbonyl (C=O) groups excluding carboxylic acids is 1. The molecule has 168 valence electrons. The second-order valence-corrected chi connectivity index (χ2v) is 8.42. The summed E-state index contributed by atoms with van der Waals surface area (Å²) >= 11 is 0. The highest BCUT2D eigenvalue weighted by atomic mass is 16.2. The number of aromatic nitrogens is 7. The minimum absolute atomic E-state index is 0.0811. The van der Waals surface area contributed by atoms with Crippen LogP contribution in [0, 0.1) is 19.8 Å². The summed E-state index contributed by atoms with van der Waals surface area (Å²) in [5.41, 5.74) is 3.14. The minimum atomic E-state index is -0.184. The first kappa shape index (κ1) is 20.9. The summed E-state index contributed by atoms with van der Waals surface area (Å²) in [7, 11) is 0. The van der Waals surface area contributed by atoms with E-state index < -0.39 is 0 Å². The standard InChI is InChI=1S/C23H24N8O2/c1-15-11-16(2)31-23(26-15)27-21(28-31)22(33)29-9-5-17(6-10-29)13-30-14-25-19(12-20(30)32)18-3-7-24-8-4-18/h3-4,7-8,11-12,14,17H,5-6,9-10,13H2,1-2H3. The Hall–Kier alpha value is -3.95. The van der Waals surface area contributed by atoms with E-state index in [0.717, 1.165) is 29.8 Å². The number of carbonyl (C=O) groups is 1. The Balaban J connectivity index is 1.23. The van der Waals surface area contributed by atoms with Crippen LogP contribution in [0.3, 0.4) is 0 Å². The fourth-order valence-electron chi connectivity index (χ4n) is 4.24. The van der Waals surface area contributed by atoms with Gasteiger partial charge in [0.05, 0.1) is 12.0 Å². The molecule has 4 aromatic heterocycles. The number of likely N-dealkylation sites (tertiary alicyclic amines) is 1. The molecule has 1 amide bonds. The maximum atomic E-state index is 12.9. The summed E-state index contributed by atoms with van der Waals surface area (Å²) < 4.78 is 3.25. The van der Waals surface area contributed by atoms with Gasteiger partial charge in [0.2, 0.25) is 5.82 Å². The summed E-state index contributed by atoms with van der Waals surface area (Å²) in [6.07, 6.45) is 6.56. The molecular formula is C23H24N8O2. The number of rotatable bonds is 4. The molecule has 4 aromatic rings. The first-order valence-corrected chi connectivity index (χ1v) is 10.9. The van der Waals surface area contributed by atoms with Crippen molar-refractivity contribution in [3.05, 3.63) is 70.6 Å². The number of aryl methyl sites for hydroxylation is 2. The Morgan fingerprint density at radius 3 is 2.58 bits per heavy atom. The van der Waals surface area contributed by atoms with Crippen LogP contribution >= 0.6 is 0 Å². The molecule has 10 heteroatoms. The zero-order chi connectivity index (χ0) is 22.9. The molecule has 1 aliphatic heterocycles. The van der Waals surface area contributed by atoms with Crippen molar-refractivity contribution in [1.29, 1.82) is 0 Å². The summed E-state index contributed by atoms with van der Waals surface area (Å²) in [5, 5.41) is 4.35. The summed E-state index contributed by atoms with van der Waals surface area (Å²) in [6.45, 7) is 5.58. The van der Waals surface area contributed by atoms with Crippen molar-refractivity contribution in [2.45, 2.75) is 33.2 Å². The highest BCUT2D eigenvalue weighted by molar-refractivity contribution is 5.91. The molecule has 10 nitrogen and oxygen atoms in total. The molecule has 0 spiro atoms. The predicted molar refractivity (Wildman–Crippen MR) is 121 cm³/mol. The Kier molecular flexibility index (Phi) is 5.41. The van der Waals surface area contributed by atoms with E-state index in [-0.39, 0.29) is 17.3 Å². The van der Waals surface area contributed by atoms with Gasteiger partial charge in [-0.05, 0) is 50.8 Å². The van der Waals surface area contributed by atoms with Gasteiger partial charge in [0, 0.05) is 55.0 Å². The number of piperidine rings is 1. The molecule has 0 saturated carbocycles. The average molecular weight is 444 g/mol. The van der Waals surface area contributed by atoms with Crippen LogP contribution in [0.25, 0.3) is 17.0 Å². The lowest BCUT2D eigenvalue weighted by molar-refractivity contribution is 0.0670. The van der Waals surface area contributed by atoms with Gasteiger partial charge in [0.25, 0.3) is 17.2 Å². The number of nitrogens with zero attached hydrogens (tertiary/aromatic N) is 8. The second kappa shape index (κ2) is 8.53. The first-order chi connectivity index (χ1) is 16.0. The van der Waals surface area contributed by atoms with Crippen LogP contribution in [0.2, 0.25) is 0 Å². The molecule has 0 bridgehead atoms. The average Bonchev–Trinajstić information content (AvgIpc) is 3.25. The van der Waals surface area contributed by atoms with Gasteiger partial charge in [-0.3, -0.25) is 19.1 Å². The third kappa shape index (κ3) is 4.23. The van der Waals surface area contributed by atoms with Crippen LogP contribution < -0.4 is 5.56 Å². The van der Waals surface area contributed by atoms with E-state index in [1.165, 1.54) is 0 Å². The van der Waals surface area contributed by atoms with Crippen molar-refractivity contribution in [3.63, 3.8) is 0 Å². The number of hydrogen-bond donors (Lipinski definition) is 0. The van der Waals surface area contributed by atoms with E-state index in [1.54, 1.807) is 38.8 Å². The van der Waals surface area contributed by atoms with Gasteiger partial charge in [-0.25, -0.2) is 14.5 Å². The molecule has 5 heterocycles. The molecule has 1 fully saturated rings. The van der Waals surface area contributed by atoms with E-state index in [2.05, 4.69) is 25.0 Å². The highest BCUT2D eigenvalue weighted by Gasteiger charge is 2.27. The Morgan fingerprint density at radius 1 is 1.09 bits per heavy atom. The van der Waals surface area contributed by atoms with Crippen molar-refractivity contribution >= 4 is 11.7 Å². The molecular weight excluding hydrogens is 420 g/mol. The number of hydrogen-bond acceptors (Lipinski definition) is 7. The summed E-state index contributed by atoms with van der Waals surface area (Å²) in [5.74, 6) is 0.715. The lowest BCUT2D eigenvalue weighted by Gasteiger charge is -2.31. The van der Waals surface area contributed by atoms with Crippen molar-refractivity contribution in [2.24, 2.45) is 5.92 Å². The second-order valence-electron chi connectivity index (χ2n) is 8.42. The molecule has 1 aliphatic rings. The van der Waals surface area contributed by atoms with E-state index in [9.17, 15) is 9.59 Å². The maximum absolute atomic E-state index is 12.9. The van der Waals surface area contributed by atoms with Crippen LogP contribution in [-0.2, 0) is 6.54 Å². The maximum Gasteiger partial charge on any atom is 0.293 e. The number of pyridine rings is 1. The van der Waals surface area contributed by atoms with Crippen LogP contribution in [0.5, 0.6) is 0 Å². The smallest absolute Gasteiger partial charge is 0.293 e. The molecule has 33 heavy (non-hydrogen) atoms. The van der Waals surface area contributed by atoms with Crippen molar-refractivity contribution < 1.29 is 4.79 Å². The Morgan fingerprint density at radius 2 is 1.85 bits per heavy atom. The molecule has 0 unspecified atom stereocenters. The molecule has 0 aromatic carbocycles. The highest BCUT2D eigenvalue weighted by Crippen LogP contribution is 2.20. The van der Waals surface area contributed by atoms with Crippen molar-refractivity contribution in [3.8, 4) is 11.3 Å². The van der Waals surface area contributed by atoms with Gasteiger partial charge in [-0.2, -0.15) is 4.98 Å². The van der Waals surface area contributed by atoms with Gasteiger partial charge in [-0.1, -0.05) is 0 Å². The monoisotopic (exact) mass is 444 g/mol. The van der Waals surface area contributed by atoms with Gasteiger partial charge < -0.3 is 4.90 Å². The molecule has 0 atom stereocenters. The molecule has 0 radical (unpaired) electrons. The quantitative estimate of drug-likeness (QED) is 0.473. The van der Waals surface area contributed by atoms with E-state index in [0.29, 0.717) is 37.0 Å². The molecule has 0 aliphatic carbocycles. The summed E-state index contributed by atoms with van der Waals surface area (Å²) in [4.78, 5) is 44.4. The zero-order valence-corrected chi connectivity index (χ0v) is 18.5. The molecule has 5 rings (SSSR count). The van der Waals surface area contributed by atoms with E-state index in [4.69, 9.17) is 0 Å². The lowest BCUT2D eigenvalue weighted by atomic mass is 9.96. The first-order valence-electron chi connectivity index (χ1n) is 10.9. The SMILES string of the molecule is Cc1cc(C)n2nc(C(=O)N3CCC(Cn4cnc(-c5ccncc5)cc4=O)CC3)nc2n1. The molecule has 1 saturated heterocycles. The van der Waals surface area contributed by atoms with Gasteiger partial charge >= 0.3 is 0 Å². The third-order valence-electron chi connectivity index (χ3n) is 6.02. The van der Waals surface area contributed by atoms with Crippen LogP contribution in [0.15, 0.2) is 47.8 Å². The Labute approximate surface area is 190 Å². The van der Waals surface area contributed by atoms with E-state index >= 15 is 0 Å². The lowest BCUT2D eigenvalue weighted by Crippen LogP contribution is -2.40. The van der Waals surface area contributed by atoms with Crippen LogP contribution in [0.1, 0.15) is 34.8 Å². The summed E-state index contributed by atoms with van der Waals surface area (Å²) in [6, 6.07) is 7.12. The minimum Gasteiger partial charge on any atom is -0.336 e. The van der Waals surface area contributed by atoms with Gasteiger partial charge in [-0.15, -0.1) is 5.10 Å². The number of amides is 1. The predicted octanol–water partition coefficient (Wildman–Crippen LogP) is 1.91. The third-order valence-corrected chi connectivity index (χ3v) is 6.02. The largest absolute Gasteiger partial charge is 0.336 e. The number of fused-ring (bicyclic) bond motifs is 1. The van der Waals surface area contributed by atoms with E-state index in [1.807, 2.05) is 32.0 Å². The van der Waals surface area contributed by atoms with Gasteiger partial charge in [0.15, 0.2) is 0 Å². The zero-order valence-electron chi connectivity index (χ0n) is 18.5. The van der Waals surface area contributed by atoms with Gasteiger partial charge in [0.1, 0.15) is 0 Å². The van der Waals surface area contributed by atoms with Crippen molar-refractivity contribution in [2.75, 3.05) is 13.1 Å². The normalized spacial score (nSPS) is 14.7. The Bertz CT molecular complexity index is 1370. The fourth-order valence-corrected chi connectivity index (χ4v) is 4.24. The topological polar surface area (TPSA) is 111 Å².